The second-order valence-corrected chi connectivity index (χ2v) is 4.40. The minimum absolute atomic E-state index is 0. The molecule has 1 unspecified atom stereocenters. The Morgan fingerprint density at radius 3 is 2.40 bits per heavy atom. The quantitative estimate of drug-likeness (QED) is 0.328. The maximum absolute atomic E-state index is 6.25. The Labute approximate surface area is 152 Å². The van der Waals surface area contributed by atoms with Crippen molar-refractivity contribution in [1.82, 2.24) is 0 Å². The van der Waals surface area contributed by atoms with Gasteiger partial charge in [0.2, 0.25) is 0 Å². The van der Waals surface area contributed by atoms with Crippen molar-refractivity contribution >= 4 is 13.6 Å². The third kappa shape index (κ3) is 12.7. The van der Waals surface area contributed by atoms with E-state index in [2.05, 4.69) is 27.5 Å². The molecule has 1 fully saturated rings. The molecule has 0 aliphatic carbocycles. The molecular weight excluding hydrogens is 423 g/mol. The summed E-state index contributed by atoms with van der Waals surface area (Å²) in [5.74, 6) is 0.420. The van der Waals surface area contributed by atoms with Gasteiger partial charge in [0, 0.05) is 12.7 Å². The number of hydrogen-bond donors (Lipinski definition) is 0. The van der Waals surface area contributed by atoms with Crippen molar-refractivity contribution in [2.75, 3.05) is 6.61 Å². The molecule has 6 heteroatoms. The molecule has 1 rings (SSSR count). The first-order valence-corrected chi connectivity index (χ1v) is 13.8. The Morgan fingerprint density at radius 1 is 1.30 bits per heavy atom. The van der Waals surface area contributed by atoms with Gasteiger partial charge in [-0.15, -0.1) is 5.92 Å². The van der Waals surface area contributed by atoms with Crippen LogP contribution in [0.25, 0.3) is 0 Å². The predicted molar refractivity (Wildman–Crippen MR) is 76.4 cm³/mol. The molecule has 0 radical (unpaired) electrons. The van der Waals surface area contributed by atoms with Crippen LogP contribution >= 0.6 is 13.6 Å². The molecule has 0 aromatic rings. The standard InChI is InChI=1S/C13H25O2.CN.BrH.Cu.Zn/c1-4-6-7-8-9-12-11(3)10-13(15-12)14-5-2;1-2;;;/h11-13H,3-10H2,1-2H3;;1H;;/q2*-1;;+1;+2/p-1/t11-,12+,13?;;;;/m1..../s1. The molecule has 0 saturated carbocycles. The van der Waals surface area contributed by atoms with Crippen LogP contribution in [-0.4, -0.2) is 19.0 Å². The Balaban J connectivity index is -0.000000529. The normalized spacial score (nSPS) is 23.7. The van der Waals surface area contributed by atoms with Gasteiger partial charge < -0.3 is 28.2 Å². The van der Waals surface area contributed by atoms with Gasteiger partial charge in [0.25, 0.3) is 0 Å². The first kappa shape index (κ1) is 26.0. The van der Waals surface area contributed by atoms with E-state index < -0.39 is 0 Å². The van der Waals surface area contributed by atoms with Crippen molar-refractivity contribution in [2.45, 2.75) is 64.8 Å². The van der Waals surface area contributed by atoms with Crippen molar-refractivity contribution < 1.29 is 42.9 Å². The summed E-state index contributed by atoms with van der Waals surface area (Å²) in [5, 5.41) is 6.25. The first-order chi connectivity index (χ1) is 9.27. The van der Waals surface area contributed by atoms with Gasteiger partial charge in [0.15, 0.2) is 6.29 Å². The molecule has 3 atom stereocenters. The van der Waals surface area contributed by atoms with E-state index in [9.17, 15) is 0 Å². The maximum atomic E-state index is 6.25. The van der Waals surface area contributed by atoms with Gasteiger partial charge in [-0.2, -0.15) is 0 Å². The molecule has 0 bridgehead atoms. The van der Waals surface area contributed by atoms with Gasteiger partial charge in [-0.1, -0.05) is 32.6 Å². The number of hydrogen-bond acceptors (Lipinski definition) is 3. The molecule has 0 amide bonds. The molecular formula is C14H25BrCuNO2Zn. The Kier molecular flexibility index (Phi) is 26.0. The number of unbranched alkanes of at least 4 members (excludes halogenated alkanes) is 3. The number of rotatable bonds is 7. The fraction of sp³-hybridized carbons (Fsp3) is 0.857. The Hall–Kier alpha value is 1.03. The van der Waals surface area contributed by atoms with E-state index in [1.54, 1.807) is 0 Å². The van der Waals surface area contributed by atoms with Gasteiger partial charge in [-0.3, -0.25) is 0 Å². The summed E-state index contributed by atoms with van der Waals surface area (Å²) in [5.41, 5.74) is 0. The topological polar surface area (TPSA) is 42.2 Å². The number of ether oxygens (including phenoxy) is 2. The SMILES string of the molecule is [C-]#N.[CH2-][C@@H]1CC(OCC)O[C@H]1CCCCCC.[Cu+].[Zn+][Br]. The van der Waals surface area contributed by atoms with Crippen LogP contribution in [0, 0.1) is 24.7 Å². The average Bonchev–Trinajstić information content (AvgIpc) is 2.80. The van der Waals surface area contributed by atoms with E-state index in [-0.39, 0.29) is 23.4 Å². The van der Waals surface area contributed by atoms with Crippen LogP contribution in [0.3, 0.4) is 0 Å². The monoisotopic (exact) mass is 445 g/mol. The van der Waals surface area contributed by atoms with E-state index in [1.165, 1.54) is 42.0 Å². The summed E-state index contributed by atoms with van der Waals surface area (Å²) in [6.45, 7) is 13.9. The zero-order valence-corrected chi connectivity index (χ0v) is 18.0. The molecule has 118 valence electrons. The van der Waals surface area contributed by atoms with E-state index in [0.717, 1.165) is 19.4 Å². The molecule has 20 heavy (non-hydrogen) atoms. The molecule has 1 saturated heterocycles. The van der Waals surface area contributed by atoms with Crippen molar-refractivity contribution in [1.29, 1.82) is 5.26 Å². The summed E-state index contributed by atoms with van der Waals surface area (Å²) in [4.78, 5) is 0. The van der Waals surface area contributed by atoms with E-state index >= 15 is 0 Å². The van der Waals surface area contributed by atoms with Crippen LogP contribution in [0.1, 0.15) is 52.4 Å². The molecule has 0 aromatic heterocycles. The third-order valence-electron chi connectivity index (χ3n) is 3.04. The molecule has 0 spiro atoms. The summed E-state index contributed by atoms with van der Waals surface area (Å²) in [6, 6.07) is 0. The van der Waals surface area contributed by atoms with Crippen molar-refractivity contribution in [2.24, 2.45) is 5.92 Å². The van der Waals surface area contributed by atoms with Crippen LogP contribution in [0.2, 0.25) is 0 Å². The van der Waals surface area contributed by atoms with Gasteiger partial charge in [-0.25, -0.2) is 0 Å². The second-order valence-electron chi connectivity index (χ2n) is 4.40. The minimum atomic E-state index is 0. The fourth-order valence-electron chi connectivity index (χ4n) is 2.13. The van der Waals surface area contributed by atoms with Gasteiger partial charge in [-0.05, 0) is 19.8 Å². The van der Waals surface area contributed by atoms with Crippen LogP contribution in [0.5, 0.6) is 0 Å². The summed E-state index contributed by atoms with van der Waals surface area (Å²) < 4.78 is 11.3. The van der Waals surface area contributed by atoms with Gasteiger partial charge in [0.05, 0.1) is 0 Å². The molecule has 1 aliphatic heterocycles. The fourth-order valence-corrected chi connectivity index (χ4v) is 2.13. The molecule has 1 aliphatic rings. The van der Waals surface area contributed by atoms with E-state index in [4.69, 9.17) is 21.3 Å². The van der Waals surface area contributed by atoms with Gasteiger partial charge in [0.1, 0.15) is 0 Å². The van der Waals surface area contributed by atoms with Crippen LogP contribution < -0.4 is 0 Å². The summed E-state index contributed by atoms with van der Waals surface area (Å²) in [7, 11) is 0. The average molecular weight is 448 g/mol. The van der Waals surface area contributed by atoms with E-state index in [0.29, 0.717) is 12.0 Å². The molecule has 1 heterocycles. The van der Waals surface area contributed by atoms with Crippen LogP contribution in [0.15, 0.2) is 0 Å². The Morgan fingerprint density at radius 2 is 1.90 bits per heavy atom. The number of halogens is 1. The zero-order valence-electron chi connectivity index (χ0n) is 12.5. The predicted octanol–water partition coefficient (Wildman–Crippen LogP) is 4.50. The van der Waals surface area contributed by atoms with Gasteiger partial charge >= 0.3 is 47.0 Å². The molecule has 0 aromatic carbocycles. The van der Waals surface area contributed by atoms with Crippen LogP contribution in [-0.2, 0) is 42.9 Å². The molecule has 3 nitrogen and oxygen atoms in total. The van der Waals surface area contributed by atoms with Crippen molar-refractivity contribution in [3.8, 4) is 0 Å². The zero-order chi connectivity index (χ0) is 15.1. The molecule has 0 N–H and O–H groups in total. The summed E-state index contributed by atoms with van der Waals surface area (Å²) in [6.07, 6.45) is 7.67. The Bertz CT molecular complexity index is 211. The van der Waals surface area contributed by atoms with Crippen molar-refractivity contribution in [3.63, 3.8) is 0 Å². The first-order valence-electron chi connectivity index (χ1n) is 6.87. The van der Waals surface area contributed by atoms with Crippen molar-refractivity contribution in [3.05, 3.63) is 13.5 Å². The number of nitrogens with zero attached hydrogens (tertiary/aromatic N) is 1. The second kappa shape index (κ2) is 20.0. The summed E-state index contributed by atoms with van der Waals surface area (Å²) >= 11 is 4.25. The van der Waals surface area contributed by atoms with Crippen LogP contribution in [0.4, 0.5) is 0 Å². The third-order valence-corrected chi connectivity index (χ3v) is 3.04. The van der Waals surface area contributed by atoms with E-state index in [1.807, 2.05) is 6.92 Å².